The maximum atomic E-state index is 10.8. The molecule has 0 spiro atoms. The van der Waals surface area contributed by atoms with Crippen molar-refractivity contribution in [2.45, 2.75) is 0 Å². The van der Waals surface area contributed by atoms with Gasteiger partial charge in [0.2, 0.25) is 0 Å². The van der Waals surface area contributed by atoms with Crippen molar-refractivity contribution in [1.29, 1.82) is 0 Å². The van der Waals surface area contributed by atoms with Gasteiger partial charge in [-0.25, -0.2) is 0 Å². The molecule has 0 aliphatic heterocycles. The summed E-state index contributed by atoms with van der Waals surface area (Å²) in [6.45, 7) is 0. The molecule has 60 valence electrons. The van der Waals surface area contributed by atoms with E-state index in [1.807, 2.05) is 0 Å². The molecule has 1 aromatic carbocycles. The zero-order valence-corrected chi connectivity index (χ0v) is 6.27. The quantitative estimate of drug-likeness (QED) is 0.380. The first-order valence-corrected chi connectivity index (χ1v) is 3.30. The topological polar surface area (TPSA) is 40.5 Å². The fourth-order valence-corrected chi connectivity index (χ4v) is 0.748. The second-order valence-corrected chi connectivity index (χ2v) is 2.10. The zero-order chi connectivity index (χ0) is 8.97. The standard InChI is InChI=1S/C9H7NO2/c1-2-9(11)10(12)8-6-4-3-5-7-8/h1,3-7,12H. The molecule has 0 aromatic heterocycles. The van der Waals surface area contributed by atoms with Crippen LogP contribution in [0.15, 0.2) is 30.3 Å². The summed E-state index contributed by atoms with van der Waals surface area (Å²) in [7, 11) is 0. The lowest BCUT2D eigenvalue weighted by molar-refractivity contribution is -0.118. The Bertz CT molecular complexity index is 313. The van der Waals surface area contributed by atoms with Crippen molar-refractivity contribution in [1.82, 2.24) is 0 Å². The summed E-state index contributed by atoms with van der Waals surface area (Å²) in [6, 6.07) is 8.33. The Labute approximate surface area is 70.2 Å². The van der Waals surface area contributed by atoms with Crippen molar-refractivity contribution in [2.75, 3.05) is 5.06 Å². The van der Waals surface area contributed by atoms with E-state index in [1.54, 1.807) is 36.3 Å². The van der Waals surface area contributed by atoms with Crippen LogP contribution >= 0.6 is 0 Å². The van der Waals surface area contributed by atoms with E-state index >= 15 is 0 Å². The number of hydroxylamine groups is 1. The number of terminal acetylenes is 1. The lowest BCUT2D eigenvalue weighted by Gasteiger charge is -2.10. The Morgan fingerprint density at radius 2 is 2.00 bits per heavy atom. The Morgan fingerprint density at radius 3 is 2.50 bits per heavy atom. The van der Waals surface area contributed by atoms with Crippen LogP contribution in [0.1, 0.15) is 0 Å². The number of hydrogen-bond acceptors (Lipinski definition) is 2. The molecule has 1 N–H and O–H groups in total. The predicted octanol–water partition coefficient (Wildman–Crippen LogP) is 1.04. The lowest BCUT2D eigenvalue weighted by Crippen LogP contribution is -2.24. The van der Waals surface area contributed by atoms with Crippen LogP contribution in [0.2, 0.25) is 0 Å². The van der Waals surface area contributed by atoms with Crippen molar-refractivity contribution in [3.05, 3.63) is 30.3 Å². The van der Waals surface area contributed by atoms with Crippen molar-refractivity contribution in [2.24, 2.45) is 0 Å². The highest BCUT2D eigenvalue weighted by atomic mass is 16.5. The van der Waals surface area contributed by atoms with E-state index in [0.717, 1.165) is 0 Å². The van der Waals surface area contributed by atoms with Gasteiger partial charge in [-0.1, -0.05) is 18.2 Å². The van der Waals surface area contributed by atoms with E-state index < -0.39 is 5.91 Å². The number of nitrogens with zero attached hydrogens (tertiary/aromatic N) is 1. The first-order valence-electron chi connectivity index (χ1n) is 3.30. The highest BCUT2D eigenvalue weighted by Gasteiger charge is 2.08. The number of benzene rings is 1. The first kappa shape index (κ1) is 8.31. The van der Waals surface area contributed by atoms with Crippen LogP contribution in [0.4, 0.5) is 5.69 Å². The van der Waals surface area contributed by atoms with Crippen LogP contribution < -0.4 is 5.06 Å². The molecule has 1 amide bonds. The van der Waals surface area contributed by atoms with Crippen molar-refractivity contribution in [3.8, 4) is 12.3 Å². The smallest absolute Gasteiger partial charge is 0.280 e. The average Bonchev–Trinajstić information content (AvgIpc) is 2.17. The van der Waals surface area contributed by atoms with Crippen LogP contribution in [-0.2, 0) is 4.79 Å². The van der Waals surface area contributed by atoms with Crippen LogP contribution in [0.5, 0.6) is 0 Å². The van der Waals surface area contributed by atoms with Gasteiger partial charge in [0.25, 0.3) is 0 Å². The molecule has 12 heavy (non-hydrogen) atoms. The van der Waals surface area contributed by atoms with Crippen molar-refractivity contribution >= 4 is 11.6 Å². The van der Waals surface area contributed by atoms with E-state index in [4.69, 9.17) is 11.6 Å². The molecule has 0 radical (unpaired) electrons. The third-order valence-electron chi connectivity index (χ3n) is 1.32. The second-order valence-electron chi connectivity index (χ2n) is 2.10. The van der Waals surface area contributed by atoms with Crippen LogP contribution in [0.25, 0.3) is 0 Å². The summed E-state index contributed by atoms with van der Waals surface area (Å²) in [5, 5.41) is 9.56. The fraction of sp³-hybridized carbons (Fsp3) is 0. The summed E-state index contributed by atoms with van der Waals surface area (Å²) in [4.78, 5) is 10.8. The Balaban J connectivity index is 2.87. The Morgan fingerprint density at radius 1 is 1.42 bits per heavy atom. The summed E-state index contributed by atoms with van der Waals surface area (Å²) in [5.74, 6) is 1.02. The van der Waals surface area contributed by atoms with Gasteiger partial charge in [-0.2, -0.15) is 5.06 Å². The molecular weight excluding hydrogens is 154 g/mol. The minimum absolute atomic E-state index is 0.362. The molecule has 3 nitrogen and oxygen atoms in total. The number of carbonyl (C=O) groups excluding carboxylic acids is 1. The molecular formula is C9H7NO2. The van der Waals surface area contributed by atoms with Crippen molar-refractivity contribution < 1.29 is 10.0 Å². The highest BCUT2D eigenvalue weighted by molar-refractivity contribution is 6.03. The molecule has 1 rings (SSSR count). The number of hydrogen-bond donors (Lipinski definition) is 1. The molecule has 1 aromatic rings. The molecule has 0 saturated carbocycles. The van der Waals surface area contributed by atoms with Gasteiger partial charge in [0.15, 0.2) is 0 Å². The normalized spacial score (nSPS) is 8.67. The molecule has 0 aliphatic carbocycles. The first-order chi connectivity index (χ1) is 5.75. The zero-order valence-electron chi connectivity index (χ0n) is 6.27. The van der Waals surface area contributed by atoms with Gasteiger partial charge in [0, 0.05) is 0 Å². The largest absolute Gasteiger partial charge is 0.326 e. The average molecular weight is 161 g/mol. The minimum Gasteiger partial charge on any atom is -0.280 e. The second kappa shape index (κ2) is 3.56. The fourth-order valence-electron chi connectivity index (χ4n) is 0.748. The number of amides is 1. The number of carbonyl (C=O) groups is 1. The molecule has 0 unspecified atom stereocenters. The number of rotatable bonds is 1. The predicted molar refractivity (Wildman–Crippen MR) is 44.5 cm³/mol. The summed E-state index contributed by atoms with van der Waals surface area (Å²) >= 11 is 0. The van der Waals surface area contributed by atoms with Gasteiger partial charge in [-0.15, -0.1) is 6.42 Å². The summed E-state index contributed by atoms with van der Waals surface area (Å²) in [6.07, 6.45) is 4.81. The van der Waals surface area contributed by atoms with Crippen LogP contribution in [-0.4, -0.2) is 11.1 Å². The van der Waals surface area contributed by atoms with Gasteiger partial charge in [-0.05, 0) is 18.1 Å². The SMILES string of the molecule is C#CC(=O)N(O)c1ccccc1. The third kappa shape index (κ3) is 1.62. The molecule has 0 saturated heterocycles. The Kier molecular flexibility index (Phi) is 2.46. The van der Waals surface area contributed by atoms with Crippen LogP contribution in [0.3, 0.4) is 0 Å². The molecule has 0 bridgehead atoms. The van der Waals surface area contributed by atoms with E-state index in [9.17, 15) is 4.79 Å². The van der Waals surface area contributed by atoms with Gasteiger partial charge in [0.1, 0.15) is 0 Å². The van der Waals surface area contributed by atoms with E-state index in [1.165, 1.54) is 0 Å². The maximum Gasteiger partial charge on any atom is 0.326 e. The molecule has 0 heterocycles. The van der Waals surface area contributed by atoms with Gasteiger partial charge in [0.05, 0.1) is 5.69 Å². The molecule has 0 aliphatic rings. The maximum absolute atomic E-state index is 10.8. The summed E-state index contributed by atoms with van der Waals surface area (Å²) in [5.41, 5.74) is 0.362. The molecule has 3 heteroatoms. The van der Waals surface area contributed by atoms with Crippen molar-refractivity contribution in [3.63, 3.8) is 0 Å². The Hall–Kier alpha value is -1.79. The monoisotopic (exact) mass is 161 g/mol. The van der Waals surface area contributed by atoms with Crippen LogP contribution in [0, 0.1) is 12.3 Å². The van der Waals surface area contributed by atoms with Gasteiger partial charge < -0.3 is 0 Å². The number of anilines is 1. The van der Waals surface area contributed by atoms with Gasteiger partial charge in [-0.3, -0.25) is 10.0 Å². The van der Waals surface area contributed by atoms with E-state index in [2.05, 4.69) is 0 Å². The highest BCUT2D eigenvalue weighted by Crippen LogP contribution is 2.09. The lowest BCUT2D eigenvalue weighted by atomic mass is 10.3. The van der Waals surface area contributed by atoms with Gasteiger partial charge >= 0.3 is 5.91 Å². The number of para-hydroxylation sites is 1. The van der Waals surface area contributed by atoms with E-state index in [-0.39, 0.29) is 0 Å². The minimum atomic E-state index is -0.777. The molecule has 0 atom stereocenters. The van der Waals surface area contributed by atoms with E-state index in [0.29, 0.717) is 10.8 Å². The molecule has 0 fully saturated rings. The third-order valence-corrected chi connectivity index (χ3v) is 1.32. The summed E-state index contributed by atoms with van der Waals surface area (Å²) < 4.78 is 0.